The number of hydrogen-bond donors (Lipinski definition) is 1. The Kier molecular flexibility index (Phi) is 5.83. The third-order valence-corrected chi connectivity index (χ3v) is 5.89. The number of aromatic nitrogens is 1. The number of ketones is 1. The van der Waals surface area contributed by atoms with Crippen LogP contribution >= 0.6 is 0 Å². The standard InChI is InChI=1S/C23H30N4O2/c1-17-14-21(18(2)27(17)20-6-4-3-5-7-20)22(28)15-25-10-12-26(13-11-25)16-23(29)24-19-8-9-19/h3-7,14,19H,8-13,15-16H2,1-2H3,(H,24,29). The number of piperazine rings is 1. The number of rotatable bonds is 7. The Bertz CT molecular complexity index is 878. The van der Waals surface area contributed by atoms with E-state index in [0.29, 0.717) is 19.1 Å². The first-order chi connectivity index (χ1) is 14.0. The number of carbonyl (C=O) groups is 2. The lowest BCUT2D eigenvalue weighted by Gasteiger charge is -2.33. The van der Waals surface area contributed by atoms with E-state index in [1.165, 1.54) is 0 Å². The summed E-state index contributed by atoms with van der Waals surface area (Å²) in [5.74, 6) is 0.297. The Balaban J connectivity index is 1.33. The fraction of sp³-hybridized carbons (Fsp3) is 0.478. The summed E-state index contributed by atoms with van der Waals surface area (Å²) in [4.78, 5) is 29.3. The lowest BCUT2D eigenvalue weighted by Crippen LogP contribution is -2.50. The highest BCUT2D eigenvalue weighted by atomic mass is 16.2. The molecule has 1 aromatic carbocycles. The highest BCUT2D eigenvalue weighted by Gasteiger charge is 2.26. The van der Waals surface area contributed by atoms with Crippen molar-refractivity contribution in [2.75, 3.05) is 39.3 Å². The second-order valence-corrected chi connectivity index (χ2v) is 8.27. The zero-order valence-corrected chi connectivity index (χ0v) is 17.4. The number of Topliss-reactive ketones (excluding diaryl/α,β-unsaturated/α-hetero) is 1. The summed E-state index contributed by atoms with van der Waals surface area (Å²) in [6, 6.07) is 12.6. The highest BCUT2D eigenvalue weighted by Crippen LogP contribution is 2.21. The number of nitrogens with one attached hydrogen (secondary N) is 1. The van der Waals surface area contributed by atoms with E-state index in [1.807, 2.05) is 38.1 Å². The van der Waals surface area contributed by atoms with E-state index in [4.69, 9.17) is 0 Å². The second-order valence-electron chi connectivity index (χ2n) is 8.27. The molecule has 2 aromatic rings. The van der Waals surface area contributed by atoms with E-state index >= 15 is 0 Å². The number of para-hydroxylation sites is 1. The van der Waals surface area contributed by atoms with Crippen LogP contribution < -0.4 is 5.32 Å². The predicted molar refractivity (Wildman–Crippen MR) is 114 cm³/mol. The maximum Gasteiger partial charge on any atom is 0.234 e. The number of carbonyl (C=O) groups excluding carboxylic acids is 2. The lowest BCUT2D eigenvalue weighted by atomic mass is 10.1. The van der Waals surface area contributed by atoms with Gasteiger partial charge in [0.1, 0.15) is 0 Å². The van der Waals surface area contributed by atoms with Gasteiger partial charge in [-0.1, -0.05) is 18.2 Å². The van der Waals surface area contributed by atoms with Gasteiger partial charge in [-0.3, -0.25) is 19.4 Å². The molecule has 29 heavy (non-hydrogen) atoms. The molecule has 1 aromatic heterocycles. The minimum Gasteiger partial charge on any atom is -0.352 e. The van der Waals surface area contributed by atoms with Crippen LogP contribution in [-0.2, 0) is 4.79 Å². The summed E-state index contributed by atoms with van der Waals surface area (Å²) in [6.45, 7) is 8.26. The Labute approximate surface area is 172 Å². The summed E-state index contributed by atoms with van der Waals surface area (Å²) < 4.78 is 2.14. The molecule has 1 aliphatic carbocycles. The van der Waals surface area contributed by atoms with Crippen molar-refractivity contribution >= 4 is 11.7 Å². The molecule has 2 fully saturated rings. The summed E-state index contributed by atoms with van der Waals surface area (Å²) >= 11 is 0. The van der Waals surface area contributed by atoms with Crippen LogP contribution in [0.3, 0.4) is 0 Å². The molecular formula is C23H30N4O2. The van der Waals surface area contributed by atoms with E-state index in [-0.39, 0.29) is 11.7 Å². The second kappa shape index (κ2) is 8.51. The smallest absolute Gasteiger partial charge is 0.234 e. The van der Waals surface area contributed by atoms with E-state index in [0.717, 1.165) is 61.7 Å². The molecule has 2 heterocycles. The van der Waals surface area contributed by atoms with Crippen molar-refractivity contribution in [3.8, 4) is 5.69 Å². The SMILES string of the molecule is Cc1cc(C(=O)CN2CCN(CC(=O)NC3CC3)CC2)c(C)n1-c1ccccc1. The van der Waals surface area contributed by atoms with Crippen LogP contribution in [-0.4, -0.2) is 71.4 Å². The molecule has 6 heteroatoms. The first kappa shape index (κ1) is 19.9. The Morgan fingerprint density at radius 2 is 1.59 bits per heavy atom. The molecule has 154 valence electrons. The average Bonchev–Trinajstić information content (AvgIpc) is 3.46. The van der Waals surface area contributed by atoms with Gasteiger partial charge in [-0.05, 0) is 44.9 Å². The van der Waals surface area contributed by atoms with Gasteiger partial charge in [0.25, 0.3) is 0 Å². The largest absolute Gasteiger partial charge is 0.352 e. The van der Waals surface area contributed by atoms with Crippen molar-refractivity contribution in [1.29, 1.82) is 0 Å². The van der Waals surface area contributed by atoms with Crippen LogP contribution in [0.1, 0.15) is 34.6 Å². The molecule has 0 radical (unpaired) electrons. The summed E-state index contributed by atoms with van der Waals surface area (Å²) in [5, 5.41) is 3.04. The minimum absolute atomic E-state index is 0.130. The third-order valence-electron chi connectivity index (χ3n) is 5.89. The predicted octanol–water partition coefficient (Wildman–Crippen LogP) is 2.17. The van der Waals surface area contributed by atoms with Crippen LogP contribution in [0.25, 0.3) is 5.69 Å². The van der Waals surface area contributed by atoms with E-state index in [9.17, 15) is 9.59 Å². The van der Waals surface area contributed by atoms with Gasteiger partial charge in [-0.15, -0.1) is 0 Å². The zero-order valence-electron chi connectivity index (χ0n) is 17.4. The normalized spacial score (nSPS) is 18.0. The van der Waals surface area contributed by atoms with Crippen molar-refractivity contribution in [3.63, 3.8) is 0 Å². The number of benzene rings is 1. The highest BCUT2D eigenvalue weighted by molar-refractivity contribution is 5.99. The van der Waals surface area contributed by atoms with Crippen molar-refractivity contribution in [1.82, 2.24) is 19.7 Å². The van der Waals surface area contributed by atoms with Gasteiger partial charge >= 0.3 is 0 Å². The summed E-state index contributed by atoms with van der Waals surface area (Å²) in [6.07, 6.45) is 2.24. The molecule has 1 aliphatic heterocycles. The van der Waals surface area contributed by atoms with Crippen LogP contribution in [0.5, 0.6) is 0 Å². The Morgan fingerprint density at radius 1 is 0.966 bits per heavy atom. The molecule has 0 bridgehead atoms. The van der Waals surface area contributed by atoms with Gasteiger partial charge in [-0.2, -0.15) is 0 Å². The van der Waals surface area contributed by atoms with Crippen molar-refractivity contribution in [2.24, 2.45) is 0 Å². The third kappa shape index (κ3) is 4.77. The molecule has 4 rings (SSSR count). The first-order valence-corrected chi connectivity index (χ1v) is 10.5. The molecule has 0 spiro atoms. The quantitative estimate of drug-likeness (QED) is 0.732. The zero-order chi connectivity index (χ0) is 20.4. The van der Waals surface area contributed by atoms with Crippen LogP contribution in [0, 0.1) is 13.8 Å². The van der Waals surface area contributed by atoms with Gasteiger partial charge in [0, 0.05) is 54.9 Å². The fourth-order valence-electron chi connectivity index (χ4n) is 4.12. The summed E-state index contributed by atoms with van der Waals surface area (Å²) in [7, 11) is 0. The van der Waals surface area contributed by atoms with Gasteiger partial charge in [0.05, 0.1) is 13.1 Å². The molecule has 1 saturated heterocycles. The molecular weight excluding hydrogens is 364 g/mol. The first-order valence-electron chi connectivity index (χ1n) is 10.5. The average molecular weight is 395 g/mol. The minimum atomic E-state index is 0.130. The molecule has 1 N–H and O–H groups in total. The Hall–Kier alpha value is -2.44. The van der Waals surface area contributed by atoms with Gasteiger partial charge < -0.3 is 9.88 Å². The van der Waals surface area contributed by atoms with Gasteiger partial charge in [0.15, 0.2) is 5.78 Å². The van der Waals surface area contributed by atoms with E-state index < -0.39 is 0 Å². The van der Waals surface area contributed by atoms with Crippen molar-refractivity contribution in [2.45, 2.75) is 32.7 Å². The van der Waals surface area contributed by atoms with Crippen LogP contribution in [0.2, 0.25) is 0 Å². The van der Waals surface area contributed by atoms with E-state index in [1.54, 1.807) is 0 Å². The number of aryl methyl sites for hydroxylation is 1. The topological polar surface area (TPSA) is 57.6 Å². The Morgan fingerprint density at radius 3 is 2.21 bits per heavy atom. The summed E-state index contributed by atoms with van der Waals surface area (Å²) in [5.41, 5.74) is 3.95. The molecule has 1 amide bonds. The molecule has 6 nitrogen and oxygen atoms in total. The number of hydrogen-bond acceptors (Lipinski definition) is 4. The van der Waals surface area contributed by atoms with Crippen molar-refractivity contribution in [3.05, 3.63) is 53.3 Å². The molecule has 0 unspecified atom stereocenters. The van der Waals surface area contributed by atoms with Crippen molar-refractivity contribution < 1.29 is 9.59 Å². The molecule has 2 aliphatic rings. The lowest BCUT2D eigenvalue weighted by molar-refractivity contribution is -0.122. The van der Waals surface area contributed by atoms with Crippen LogP contribution in [0.4, 0.5) is 0 Å². The van der Waals surface area contributed by atoms with E-state index in [2.05, 4.69) is 31.8 Å². The van der Waals surface area contributed by atoms with Gasteiger partial charge in [-0.25, -0.2) is 0 Å². The molecule has 0 atom stereocenters. The monoisotopic (exact) mass is 394 g/mol. The maximum atomic E-state index is 13.0. The van der Waals surface area contributed by atoms with Gasteiger partial charge in [0.2, 0.25) is 5.91 Å². The fourth-order valence-corrected chi connectivity index (χ4v) is 4.12. The molecule has 1 saturated carbocycles. The van der Waals surface area contributed by atoms with Crippen LogP contribution in [0.15, 0.2) is 36.4 Å². The maximum absolute atomic E-state index is 13.0. The number of nitrogens with zero attached hydrogens (tertiary/aromatic N) is 3. The number of amides is 1.